The van der Waals surface area contributed by atoms with E-state index in [9.17, 15) is 9.59 Å². The third-order valence-electron chi connectivity index (χ3n) is 4.11. The first-order valence-electron chi connectivity index (χ1n) is 9.31. The molecule has 0 amide bonds. The standard InChI is InChI=1S/C24H19NO5/c1-2-28-22-14-17(15-25)8-13-21(22)30-23(26)16-29-20-11-9-19(10-12-20)24(27)18-6-4-3-5-7-18/h3-14H,2,16H2,1H3. The van der Waals surface area contributed by atoms with Crippen molar-refractivity contribution in [2.75, 3.05) is 13.2 Å². The second-order valence-electron chi connectivity index (χ2n) is 6.19. The third kappa shape index (κ3) is 5.24. The van der Waals surface area contributed by atoms with E-state index >= 15 is 0 Å². The summed E-state index contributed by atoms with van der Waals surface area (Å²) >= 11 is 0. The summed E-state index contributed by atoms with van der Waals surface area (Å²) < 4.78 is 16.1. The summed E-state index contributed by atoms with van der Waals surface area (Å²) in [5.41, 5.74) is 1.52. The van der Waals surface area contributed by atoms with Gasteiger partial charge < -0.3 is 14.2 Å². The molecular formula is C24H19NO5. The highest BCUT2D eigenvalue weighted by Crippen LogP contribution is 2.28. The molecule has 0 aromatic heterocycles. The molecule has 0 aliphatic rings. The van der Waals surface area contributed by atoms with Crippen LogP contribution in [-0.4, -0.2) is 25.0 Å². The van der Waals surface area contributed by atoms with Gasteiger partial charge in [-0.05, 0) is 43.3 Å². The van der Waals surface area contributed by atoms with Crippen LogP contribution in [0.5, 0.6) is 17.2 Å². The lowest BCUT2D eigenvalue weighted by atomic mass is 10.0. The van der Waals surface area contributed by atoms with E-state index in [1.807, 2.05) is 12.1 Å². The fourth-order valence-electron chi connectivity index (χ4n) is 2.68. The zero-order valence-corrected chi connectivity index (χ0v) is 16.3. The van der Waals surface area contributed by atoms with Crippen LogP contribution in [0.1, 0.15) is 28.4 Å². The molecule has 0 aliphatic heterocycles. The summed E-state index contributed by atoms with van der Waals surface area (Å²) in [4.78, 5) is 24.5. The van der Waals surface area contributed by atoms with Gasteiger partial charge in [-0.1, -0.05) is 30.3 Å². The highest BCUT2D eigenvalue weighted by molar-refractivity contribution is 6.08. The minimum atomic E-state index is -0.620. The van der Waals surface area contributed by atoms with Gasteiger partial charge in [0.15, 0.2) is 23.9 Å². The quantitative estimate of drug-likeness (QED) is 0.320. The van der Waals surface area contributed by atoms with Gasteiger partial charge in [0.05, 0.1) is 18.2 Å². The van der Waals surface area contributed by atoms with Gasteiger partial charge in [-0.25, -0.2) is 4.79 Å². The number of nitriles is 1. The molecule has 0 spiro atoms. The first-order chi connectivity index (χ1) is 14.6. The maximum atomic E-state index is 12.4. The fourth-order valence-corrected chi connectivity index (χ4v) is 2.68. The maximum absolute atomic E-state index is 12.4. The predicted molar refractivity (Wildman–Crippen MR) is 110 cm³/mol. The summed E-state index contributed by atoms with van der Waals surface area (Å²) in [6.07, 6.45) is 0. The van der Waals surface area contributed by atoms with Gasteiger partial charge in [0, 0.05) is 17.2 Å². The van der Waals surface area contributed by atoms with Crippen molar-refractivity contribution in [1.29, 1.82) is 5.26 Å². The molecule has 0 atom stereocenters. The summed E-state index contributed by atoms with van der Waals surface area (Å²) in [6.45, 7) is 1.83. The lowest BCUT2D eigenvalue weighted by molar-refractivity contribution is -0.136. The summed E-state index contributed by atoms with van der Waals surface area (Å²) in [6, 6.07) is 22.1. The Morgan fingerprint density at radius 1 is 0.867 bits per heavy atom. The summed E-state index contributed by atoms with van der Waals surface area (Å²) in [5, 5.41) is 8.98. The molecule has 0 unspecified atom stereocenters. The van der Waals surface area contributed by atoms with Crippen molar-refractivity contribution in [2.24, 2.45) is 0 Å². The molecule has 0 heterocycles. The summed E-state index contributed by atoms with van der Waals surface area (Å²) in [7, 11) is 0. The Morgan fingerprint density at radius 2 is 1.57 bits per heavy atom. The zero-order valence-electron chi connectivity index (χ0n) is 16.3. The van der Waals surface area contributed by atoms with E-state index in [1.165, 1.54) is 18.2 Å². The van der Waals surface area contributed by atoms with Crippen LogP contribution in [0.3, 0.4) is 0 Å². The minimum Gasteiger partial charge on any atom is -0.490 e. The van der Waals surface area contributed by atoms with Crippen molar-refractivity contribution < 1.29 is 23.8 Å². The molecular weight excluding hydrogens is 382 g/mol. The van der Waals surface area contributed by atoms with Crippen LogP contribution in [0.4, 0.5) is 0 Å². The number of ether oxygens (including phenoxy) is 3. The van der Waals surface area contributed by atoms with Gasteiger partial charge in [-0.3, -0.25) is 4.79 Å². The van der Waals surface area contributed by atoms with Crippen LogP contribution < -0.4 is 14.2 Å². The number of hydrogen-bond donors (Lipinski definition) is 0. The van der Waals surface area contributed by atoms with Crippen LogP contribution in [0, 0.1) is 11.3 Å². The Morgan fingerprint density at radius 3 is 2.23 bits per heavy atom. The number of rotatable bonds is 8. The third-order valence-corrected chi connectivity index (χ3v) is 4.11. The van der Waals surface area contributed by atoms with E-state index in [-0.39, 0.29) is 18.1 Å². The molecule has 6 heteroatoms. The largest absolute Gasteiger partial charge is 0.490 e. The monoisotopic (exact) mass is 401 g/mol. The molecule has 30 heavy (non-hydrogen) atoms. The highest BCUT2D eigenvalue weighted by Gasteiger charge is 2.13. The smallest absolute Gasteiger partial charge is 0.349 e. The number of nitrogens with zero attached hydrogens (tertiary/aromatic N) is 1. The maximum Gasteiger partial charge on any atom is 0.349 e. The van der Waals surface area contributed by atoms with Crippen molar-refractivity contribution >= 4 is 11.8 Å². The fraction of sp³-hybridized carbons (Fsp3) is 0.125. The number of carbonyl (C=O) groups is 2. The molecule has 0 fully saturated rings. The van der Waals surface area contributed by atoms with Crippen LogP contribution in [0.2, 0.25) is 0 Å². The van der Waals surface area contributed by atoms with Crippen LogP contribution in [-0.2, 0) is 4.79 Å². The van der Waals surface area contributed by atoms with Gasteiger partial charge in [0.1, 0.15) is 5.75 Å². The molecule has 0 saturated heterocycles. The van der Waals surface area contributed by atoms with E-state index in [2.05, 4.69) is 0 Å². The van der Waals surface area contributed by atoms with Crippen LogP contribution >= 0.6 is 0 Å². The van der Waals surface area contributed by atoms with Gasteiger partial charge in [-0.15, -0.1) is 0 Å². The number of benzene rings is 3. The van der Waals surface area contributed by atoms with Gasteiger partial charge in [0.2, 0.25) is 0 Å². The Labute approximate surface area is 174 Å². The zero-order chi connectivity index (χ0) is 21.3. The molecule has 3 aromatic carbocycles. The number of ketones is 1. The first kappa shape index (κ1) is 20.6. The molecule has 0 N–H and O–H groups in total. The average molecular weight is 401 g/mol. The van der Waals surface area contributed by atoms with Crippen molar-refractivity contribution in [3.63, 3.8) is 0 Å². The average Bonchev–Trinajstić information content (AvgIpc) is 2.79. The predicted octanol–water partition coefficient (Wildman–Crippen LogP) is 4.17. The van der Waals surface area contributed by atoms with Gasteiger partial charge in [-0.2, -0.15) is 5.26 Å². The molecule has 0 radical (unpaired) electrons. The topological polar surface area (TPSA) is 85.6 Å². The van der Waals surface area contributed by atoms with E-state index in [0.29, 0.717) is 34.8 Å². The van der Waals surface area contributed by atoms with Crippen LogP contribution in [0.15, 0.2) is 72.8 Å². The molecule has 0 aliphatic carbocycles. The van der Waals surface area contributed by atoms with E-state index in [4.69, 9.17) is 19.5 Å². The molecule has 3 rings (SSSR count). The van der Waals surface area contributed by atoms with Crippen LogP contribution in [0.25, 0.3) is 0 Å². The van der Waals surface area contributed by atoms with Crippen molar-refractivity contribution in [3.05, 3.63) is 89.5 Å². The Hall–Kier alpha value is -4.11. The number of carbonyl (C=O) groups excluding carboxylic acids is 2. The van der Waals surface area contributed by atoms with E-state index in [0.717, 1.165) is 0 Å². The second-order valence-corrected chi connectivity index (χ2v) is 6.19. The Bertz CT molecular complexity index is 1070. The molecule has 150 valence electrons. The highest BCUT2D eigenvalue weighted by atomic mass is 16.6. The molecule has 3 aromatic rings. The molecule has 6 nitrogen and oxygen atoms in total. The van der Waals surface area contributed by atoms with E-state index in [1.54, 1.807) is 55.5 Å². The second kappa shape index (κ2) is 9.89. The Balaban J connectivity index is 1.59. The van der Waals surface area contributed by atoms with E-state index < -0.39 is 5.97 Å². The van der Waals surface area contributed by atoms with Crippen molar-refractivity contribution in [1.82, 2.24) is 0 Å². The Kier molecular flexibility index (Phi) is 6.80. The molecule has 0 saturated carbocycles. The van der Waals surface area contributed by atoms with Crippen molar-refractivity contribution in [3.8, 4) is 23.3 Å². The lowest BCUT2D eigenvalue weighted by Gasteiger charge is -2.11. The normalized spacial score (nSPS) is 10.0. The number of esters is 1. The van der Waals surface area contributed by atoms with Crippen molar-refractivity contribution in [2.45, 2.75) is 6.92 Å². The minimum absolute atomic E-state index is 0.0918. The van der Waals surface area contributed by atoms with Gasteiger partial charge in [0.25, 0.3) is 0 Å². The first-order valence-corrected chi connectivity index (χ1v) is 9.31. The van der Waals surface area contributed by atoms with Gasteiger partial charge >= 0.3 is 5.97 Å². The SMILES string of the molecule is CCOc1cc(C#N)ccc1OC(=O)COc1ccc(C(=O)c2ccccc2)cc1. The summed E-state index contributed by atoms with van der Waals surface area (Å²) in [5.74, 6) is 0.249. The lowest BCUT2D eigenvalue weighted by Crippen LogP contribution is -2.18. The molecule has 0 bridgehead atoms. The number of hydrogen-bond acceptors (Lipinski definition) is 6.